The van der Waals surface area contributed by atoms with Crippen molar-refractivity contribution in [3.63, 3.8) is 0 Å². The van der Waals surface area contributed by atoms with Crippen molar-refractivity contribution in [2.75, 3.05) is 6.54 Å². The molecule has 1 aliphatic heterocycles. The average Bonchev–Trinajstić information content (AvgIpc) is 2.89. The molecular formula is C18H27N5O2. The second-order valence-electron chi connectivity index (χ2n) is 7.10. The molecule has 1 fully saturated rings. The van der Waals surface area contributed by atoms with Crippen LogP contribution in [0.25, 0.3) is 0 Å². The van der Waals surface area contributed by atoms with Gasteiger partial charge in [0.15, 0.2) is 0 Å². The summed E-state index contributed by atoms with van der Waals surface area (Å²) in [6.07, 6.45) is 3.46. The van der Waals surface area contributed by atoms with E-state index in [2.05, 4.69) is 27.7 Å². The van der Waals surface area contributed by atoms with Gasteiger partial charge in [0.05, 0.1) is 12.2 Å². The van der Waals surface area contributed by atoms with Crippen LogP contribution in [-0.2, 0) is 27.2 Å². The lowest BCUT2D eigenvalue weighted by atomic mass is 10.0. The Morgan fingerprint density at radius 1 is 1.12 bits per heavy atom. The van der Waals surface area contributed by atoms with Crippen molar-refractivity contribution in [3.8, 4) is 0 Å². The first-order valence-electron chi connectivity index (χ1n) is 8.88. The molecule has 3 rings (SSSR count). The zero-order chi connectivity index (χ0) is 18.1. The first kappa shape index (κ1) is 17.7. The van der Waals surface area contributed by atoms with Gasteiger partial charge in [-0.3, -0.25) is 23.5 Å². The molecule has 0 N–H and O–H groups in total. The first-order valence-corrected chi connectivity index (χ1v) is 8.88. The minimum atomic E-state index is -0.269. The van der Waals surface area contributed by atoms with Crippen molar-refractivity contribution in [2.24, 2.45) is 14.1 Å². The lowest BCUT2D eigenvalue weighted by molar-refractivity contribution is 0.118. The van der Waals surface area contributed by atoms with Gasteiger partial charge in [0, 0.05) is 44.1 Å². The van der Waals surface area contributed by atoms with Crippen molar-refractivity contribution in [1.29, 1.82) is 0 Å². The van der Waals surface area contributed by atoms with Crippen molar-refractivity contribution >= 4 is 0 Å². The Hall–Kier alpha value is -2.15. The van der Waals surface area contributed by atoms with Crippen LogP contribution >= 0.6 is 0 Å². The molecule has 1 saturated heterocycles. The molecule has 0 bridgehead atoms. The summed E-state index contributed by atoms with van der Waals surface area (Å²) in [6, 6.07) is 4.04. The molecule has 0 saturated carbocycles. The number of likely N-dealkylation sites (tertiary alicyclic amines) is 1. The molecule has 2 aromatic heterocycles. The minimum Gasteiger partial charge on any atom is -0.299 e. The van der Waals surface area contributed by atoms with Gasteiger partial charge in [-0.25, -0.2) is 4.79 Å². The van der Waals surface area contributed by atoms with Crippen LogP contribution in [-0.4, -0.2) is 36.4 Å². The maximum atomic E-state index is 12.2. The minimum absolute atomic E-state index is 0.245. The molecule has 0 aliphatic carbocycles. The monoisotopic (exact) mass is 345 g/mol. The molecule has 0 aromatic carbocycles. The van der Waals surface area contributed by atoms with Crippen LogP contribution < -0.4 is 11.2 Å². The van der Waals surface area contributed by atoms with Gasteiger partial charge in [-0.2, -0.15) is 5.10 Å². The number of rotatable bonds is 4. The number of aromatic nitrogens is 4. The molecule has 1 aliphatic rings. The van der Waals surface area contributed by atoms with Crippen molar-refractivity contribution in [2.45, 2.75) is 52.2 Å². The standard InChI is InChI=1S/C18H27N5O2/c1-13-9-14(2)23(19-13)12-15-7-5-6-8-22(15)11-16-10-17(24)21(4)18(25)20(16)3/h9-10,15H,5-8,11-12H2,1-4H3. The number of nitrogens with zero attached hydrogens (tertiary/aromatic N) is 5. The second kappa shape index (κ2) is 7.00. The lowest BCUT2D eigenvalue weighted by Crippen LogP contribution is -2.44. The molecule has 1 unspecified atom stereocenters. The molecule has 0 spiro atoms. The van der Waals surface area contributed by atoms with E-state index in [0.717, 1.165) is 41.9 Å². The summed E-state index contributed by atoms with van der Waals surface area (Å²) < 4.78 is 4.80. The molecule has 0 amide bonds. The van der Waals surface area contributed by atoms with E-state index in [1.165, 1.54) is 19.2 Å². The summed E-state index contributed by atoms with van der Waals surface area (Å²) in [7, 11) is 3.25. The molecule has 1 atom stereocenters. The highest BCUT2D eigenvalue weighted by molar-refractivity contribution is 5.07. The van der Waals surface area contributed by atoms with E-state index in [1.807, 2.05) is 6.92 Å². The Morgan fingerprint density at radius 2 is 1.88 bits per heavy atom. The zero-order valence-electron chi connectivity index (χ0n) is 15.5. The third-order valence-corrected chi connectivity index (χ3v) is 5.23. The van der Waals surface area contributed by atoms with Gasteiger partial charge < -0.3 is 0 Å². The van der Waals surface area contributed by atoms with E-state index < -0.39 is 0 Å². The first-order chi connectivity index (χ1) is 11.9. The van der Waals surface area contributed by atoms with Crippen molar-refractivity contribution < 1.29 is 0 Å². The van der Waals surface area contributed by atoms with Gasteiger partial charge in [-0.1, -0.05) is 6.42 Å². The molecule has 3 heterocycles. The summed E-state index contributed by atoms with van der Waals surface area (Å²) in [4.78, 5) is 26.5. The third-order valence-electron chi connectivity index (χ3n) is 5.23. The predicted molar refractivity (Wildman–Crippen MR) is 96.7 cm³/mol. The van der Waals surface area contributed by atoms with Gasteiger partial charge in [0.2, 0.25) is 0 Å². The molecule has 0 radical (unpaired) electrons. The van der Waals surface area contributed by atoms with E-state index in [1.54, 1.807) is 17.7 Å². The molecule has 7 heteroatoms. The maximum absolute atomic E-state index is 12.2. The fourth-order valence-electron chi connectivity index (χ4n) is 3.67. The van der Waals surface area contributed by atoms with Crippen molar-refractivity contribution in [3.05, 3.63) is 50.1 Å². The summed E-state index contributed by atoms with van der Waals surface area (Å²) in [6.45, 7) is 6.53. The summed E-state index contributed by atoms with van der Waals surface area (Å²) >= 11 is 0. The molecular weight excluding hydrogens is 318 g/mol. The molecule has 2 aromatic rings. The van der Waals surface area contributed by atoms with E-state index >= 15 is 0 Å². The van der Waals surface area contributed by atoms with Crippen LogP contribution in [0.3, 0.4) is 0 Å². The maximum Gasteiger partial charge on any atom is 0.330 e. The Labute approximate surface area is 147 Å². The summed E-state index contributed by atoms with van der Waals surface area (Å²) in [5.74, 6) is 0. The van der Waals surface area contributed by atoms with Crippen LogP contribution in [0, 0.1) is 13.8 Å². The van der Waals surface area contributed by atoms with E-state index in [-0.39, 0.29) is 11.2 Å². The largest absolute Gasteiger partial charge is 0.330 e. The van der Waals surface area contributed by atoms with Crippen LogP contribution in [0.2, 0.25) is 0 Å². The van der Waals surface area contributed by atoms with Crippen LogP contribution in [0.5, 0.6) is 0 Å². The second-order valence-corrected chi connectivity index (χ2v) is 7.10. The van der Waals surface area contributed by atoms with Gasteiger partial charge in [-0.15, -0.1) is 0 Å². The van der Waals surface area contributed by atoms with Crippen LogP contribution in [0.4, 0.5) is 0 Å². The average molecular weight is 345 g/mol. The smallest absolute Gasteiger partial charge is 0.299 e. The van der Waals surface area contributed by atoms with E-state index in [9.17, 15) is 9.59 Å². The fourth-order valence-corrected chi connectivity index (χ4v) is 3.67. The normalized spacial score (nSPS) is 18.6. The lowest BCUT2D eigenvalue weighted by Gasteiger charge is -2.36. The highest BCUT2D eigenvalue weighted by Crippen LogP contribution is 2.21. The Balaban J connectivity index is 1.84. The Morgan fingerprint density at radius 3 is 2.56 bits per heavy atom. The zero-order valence-corrected chi connectivity index (χ0v) is 15.5. The predicted octanol–water partition coefficient (Wildman–Crippen LogP) is 0.952. The SMILES string of the molecule is Cc1cc(C)n(CC2CCCCN2Cc2cc(=O)n(C)c(=O)n2C)n1. The fraction of sp³-hybridized carbons (Fsp3) is 0.611. The quantitative estimate of drug-likeness (QED) is 0.828. The van der Waals surface area contributed by atoms with Crippen LogP contribution in [0.1, 0.15) is 36.3 Å². The van der Waals surface area contributed by atoms with Crippen LogP contribution in [0.15, 0.2) is 21.7 Å². The van der Waals surface area contributed by atoms with Gasteiger partial charge in [-0.05, 0) is 39.3 Å². The molecule has 136 valence electrons. The van der Waals surface area contributed by atoms with E-state index in [0.29, 0.717) is 12.6 Å². The van der Waals surface area contributed by atoms with E-state index in [4.69, 9.17) is 0 Å². The van der Waals surface area contributed by atoms with Gasteiger partial charge >= 0.3 is 5.69 Å². The summed E-state index contributed by atoms with van der Waals surface area (Å²) in [5, 5.41) is 4.58. The number of aryl methyl sites for hydroxylation is 2. The highest BCUT2D eigenvalue weighted by Gasteiger charge is 2.24. The van der Waals surface area contributed by atoms with Gasteiger partial charge in [0.1, 0.15) is 0 Å². The highest BCUT2D eigenvalue weighted by atomic mass is 16.2. The number of hydrogen-bond acceptors (Lipinski definition) is 4. The Kier molecular flexibility index (Phi) is 4.94. The summed E-state index contributed by atoms with van der Waals surface area (Å²) in [5.41, 5.74) is 2.46. The molecule has 25 heavy (non-hydrogen) atoms. The number of piperidine rings is 1. The van der Waals surface area contributed by atoms with Crippen molar-refractivity contribution in [1.82, 2.24) is 23.8 Å². The van der Waals surface area contributed by atoms with Gasteiger partial charge in [0.25, 0.3) is 5.56 Å². The molecule has 7 nitrogen and oxygen atoms in total. The Bertz CT molecular complexity index is 877. The number of hydrogen-bond donors (Lipinski definition) is 0. The topological polar surface area (TPSA) is 65.1 Å². The third kappa shape index (κ3) is 3.61.